The van der Waals surface area contributed by atoms with Crippen LogP contribution in [0.5, 0.6) is 5.75 Å². The number of quaternary nitrogens is 1. The number of benzene rings is 3. The average Bonchev–Trinajstić information content (AvgIpc) is 2.78. The van der Waals surface area contributed by atoms with E-state index in [1.807, 2.05) is 54.6 Å². The number of fused-ring (bicyclic) bond motifs is 3. The molecule has 1 atom stereocenters. The molecule has 0 bridgehead atoms. The third kappa shape index (κ3) is 3.72. The van der Waals surface area contributed by atoms with Gasteiger partial charge in [-0.25, -0.2) is 4.79 Å². The summed E-state index contributed by atoms with van der Waals surface area (Å²) < 4.78 is 11.7. The van der Waals surface area contributed by atoms with Crippen LogP contribution in [-0.4, -0.2) is 13.3 Å². The van der Waals surface area contributed by atoms with E-state index in [1.165, 1.54) is 10.5 Å². The van der Waals surface area contributed by atoms with Gasteiger partial charge in [0, 0.05) is 22.9 Å². The zero-order valence-corrected chi connectivity index (χ0v) is 17.1. The van der Waals surface area contributed by atoms with Gasteiger partial charge >= 0.3 is 5.63 Å². The topological polar surface area (TPSA) is 43.9 Å². The minimum Gasteiger partial charge on any atom is -0.445 e. The first kappa shape index (κ1) is 18.9. The number of ether oxygens (including phenoxy) is 1. The van der Waals surface area contributed by atoms with Crippen molar-refractivity contribution in [2.24, 2.45) is 0 Å². The van der Waals surface area contributed by atoms with E-state index in [0.29, 0.717) is 12.3 Å². The molecule has 1 aromatic heterocycles. The molecule has 0 saturated carbocycles. The van der Waals surface area contributed by atoms with E-state index in [9.17, 15) is 4.79 Å². The molecule has 1 N–H and O–H groups in total. The quantitative estimate of drug-likeness (QED) is 0.508. The van der Waals surface area contributed by atoms with E-state index < -0.39 is 0 Å². The Labute approximate surface area is 179 Å². The number of rotatable bonds is 4. The molecule has 5 heteroatoms. The average molecular weight is 419 g/mol. The Morgan fingerprint density at radius 1 is 0.967 bits per heavy atom. The summed E-state index contributed by atoms with van der Waals surface area (Å²) in [7, 11) is 0. The highest BCUT2D eigenvalue weighted by atomic mass is 35.5. The van der Waals surface area contributed by atoms with Gasteiger partial charge in [-0.1, -0.05) is 54.1 Å². The van der Waals surface area contributed by atoms with Crippen LogP contribution < -0.4 is 15.3 Å². The zero-order valence-electron chi connectivity index (χ0n) is 16.4. The van der Waals surface area contributed by atoms with Gasteiger partial charge in [0.25, 0.3) is 0 Å². The van der Waals surface area contributed by atoms with Gasteiger partial charge in [0.15, 0.2) is 5.58 Å². The van der Waals surface area contributed by atoms with Gasteiger partial charge in [-0.05, 0) is 41.0 Å². The van der Waals surface area contributed by atoms with Crippen molar-refractivity contribution >= 4 is 22.6 Å². The Balaban J connectivity index is 1.48. The highest BCUT2D eigenvalue weighted by Crippen LogP contribution is 2.33. The first-order valence-corrected chi connectivity index (χ1v) is 10.4. The molecule has 4 nitrogen and oxygen atoms in total. The summed E-state index contributed by atoms with van der Waals surface area (Å²) in [6.07, 6.45) is 0.926. The van der Waals surface area contributed by atoms with Gasteiger partial charge in [0.1, 0.15) is 12.3 Å². The van der Waals surface area contributed by atoms with E-state index >= 15 is 0 Å². The monoisotopic (exact) mass is 418 g/mol. The smallest absolute Gasteiger partial charge is 0.336 e. The number of nitrogens with one attached hydrogen (secondary N) is 1. The molecule has 150 valence electrons. The fourth-order valence-electron chi connectivity index (χ4n) is 4.04. The van der Waals surface area contributed by atoms with Crippen LogP contribution in [0.15, 0.2) is 82.0 Å². The van der Waals surface area contributed by atoms with Crippen molar-refractivity contribution in [3.63, 3.8) is 0 Å². The maximum absolute atomic E-state index is 12.4. The minimum atomic E-state index is -0.344. The van der Waals surface area contributed by atoms with Crippen molar-refractivity contribution in [2.45, 2.75) is 13.0 Å². The lowest BCUT2D eigenvalue weighted by Gasteiger charge is -2.26. The lowest BCUT2D eigenvalue weighted by molar-refractivity contribution is -0.932. The molecule has 0 aliphatic carbocycles. The maximum atomic E-state index is 12.4. The molecule has 0 radical (unpaired) electrons. The molecule has 0 fully saturated rings. The molecule has 0 spiro atoms. The highest BCUT2D eigenvalue weighted by molar-refractivity contribution is 6.30. The molecule has 0 saturated heterocycles. The lowest BCUT2D eigenvalue weighted by Crippen LogP contribution is -3.12. The van der Waals surface area contributed by atoms with E-state index in [-0.39, 0.29) is 5.63 Å². The molecule has 3 aromatic carbocycles. The SMILES string of the molecule is O=c1cc(-c2ccccc2)c2ccc3c(c2o1)C[NH+](CCc1ccc(Cl)cc1)CO3. The van der Waals surface area contributed by atoms with Crippen molar-refractivity contribution in [1.82, 2.24) is 0 Å². The normalized spacial score (nSPS) is 15.6. The van der Waals surface area contributed by atoms with Gasteiger partial charge in [-0.15, -0.1) is 0 Å². The van der Waals surface area contributed by atoms with Crippen LogP contribution in [0.2, 0.25) is 5.02 Å². The molecule has 5 rings (SSSR count). The second-order valence-corrected chi connectivity index (χ2v) is 8.04. The van der Waals surface area contributed by atoms with E-state index in [4.69, 9.17) is 20.8 Å². The van der Waals surface area contributed by atoms with E-state index in [2.05, 4.69) is 12.1 Å². The molecule has 1 unspecified atom stereocenters. The van der Waals surface area contributed by atoms with Crippen LogP contribution in [0.1, 0.15) is 11.1 Å². The number of hydrogen-bond donors (Lipinski definition) is 1. The summed E-state index contributed by atoms with van der Waals surface area (Å²) in [5.41, 5.74) is 4.37. The number of hydrogen-bond acceptors (Lipinski definition) is 3. The fraction of sp³-hybridized carbons (Fsp3) is 0.160. The largest absolute Gasteiger partial charge is 0.445 e. The Morgan fingerprint density at radius 2 is 1.77 bits per heavy atom. The van der Waals surface area contributed by atoms with Gasteiger partial charge in [-0.3, -0.25) is 4.90 Å². The summed E-state index contributed by atoms with van der Waals surface area (Å²) in [6, 6.07) is 23.4. The van der Waals surface area contributed by atoms with E-state index in [0.717, 1.165) is 52.4 Å². The van der Waals surface area contributed by atoms with Crippen LogP contribution in [0, 0.1) is 0 Å². The summed E-state index contributed by atoms with van der Waals surface area (Å²) in [5, 5.41) is 1.68. The molecular weight excluding hydrogens is 398 g/mol. The molecule has 1 aliphatic heterocycles. The third-order valence-electron chi connectivity index (χ3n) is 5.60. The molecular formula is C25H21ClNO3+. The summed E-state index contributed by atoms with van der Waals surface area (Å²) >= 11 is 5.98. The Bertz CT molecular complexity index is 1250. The lowest BCUT2D eigenvalue weighted by atomic mass is 9.99. The molecule has 0 amide bonds. The number of halogens is 1. The third-order valence-corrected chi connectivity index (χ3v) is 5.85. The minimum absolute atomic E-state index is 0.344. The van der Waals surface area contributed by atoms with Crippen LogP contribution >= 0.6 is 11.6 Å². The van der Waals surface area contributed by atoms with Crippen molar-refractivity contribution in [2.75, 3.05) is 13.3 Å². The van der Waals surface area contributed by atoms with Gasteiger partial charge in [0.05, 0.1) is 12.1 Å². The maximum Gasteiger partial charge on any atom is 0.336 e. The molecule has 2 heterocycles. The molecule has 4 aromatic rings. The van der Waals surface area contributed by atoms with Crippen LogP contribution in [0.25, 0.3) is 22.1 Å². The molecule has 30 heavy (non-hydrogen) atoms. The predicted molar refractivity (Wildman–Crippen MR) is 118 cm³/mol. The summed E-state index contributed by atoms with van der Waals surface area (Å²) in [4.78, 5) is 13.6. The summed E-state index contributed by atoms with van der Waals surface area (Å²) in [5.74, 6) is 0.797. The van der Waals surface area contributed by atoms with Gasteiger partial charge in [-0.2, -0.15) is 0 Å². The van der Waals surface area contributed by atoms with Crippen molar-refractivity contribution in [3.05, 3.63) is 99.4 Å². The summed E-state index contributed by atoms with van der Waals surface area (Å²) in [6.45, 7) is 2.26. The zero-order chi connectivity index (χ0) is 20.5. The first-order valence-electron chi connectivity index (χ1n) is 10.0. The highest BCUT2D eigenvalue weighted by Gasteiger charge is 2.25. The Hall–Kier alpha value is -3.08. The second kappa shape index (κ2) is 7.98. The predicted octanol–water partition coefficient (Wildman–Crippen LogP) is 4.09. The van der Waals surface area contributed by atoms with Crippen molar-refractivity contribution in [3.8, 4) is 16.9 Å². The molecule has 1 aliphatic rings. The van der Waals surface area contributed by atoms with Crippen LogP contribution in [-0.2, 0) is 13.0 Å². The Morgan fingerprint density at radius 3 is 2.57 bits per heavy atom. The van der Waals surface area contributed by atoms with Gasteiger partial charge in [0.2, 0.25) is 6.73 Å². The van der Waals surface area contributed by atoms with Gasteiger partial charge < -0.3 is 9.15 Å². The van der Waals surface area contributed by atoms with Crippen molar-refractivity contribution < 1.29 is 14.1 Å². The van der Waals surface area contributed by atoms with E-state index in [1.54, 1.807) is 6.07 Å². The fourth-order valence-corrected chi connectivity index (χ4v) is 4.16. The second-order valence-electron chi connectivity index (χ2n) is 7.61. The van der Waals surface area contributed by atoms with Crippen LogP contribution in [0.4, 0.5) is 0 Å². The Kier molecular flexibility index (Phi) is 5.03. The van der Waals surface area contributed by atoms with Crippen LogP contribution in [0.3, 0.4) is 0 Å². The standard InChI is InChI=1S/C25H20ClNO3/c26-19-8-6-17(7-9-19)12-13-27-15-22-23(29-16-27)11-10-20-21(14-24(28)30-25(20)22)18-4-2-1-3-5-18/h1-11,14H,12-13,15-16H2/p+1. The van der Waals surface area contributed by atoms with Crippen molar-refractivity contribution in [1.29, 1.82) is 0 Å². The first-order chi connectivity index (χ1) is 14.7.